The summed E-state index contributed by atoms with van der Waals surface area (Å²) < 4.78 is 0. The van der Waals surface area contributed by atoms with E-state index in [-0.39, 0.29) is 11.9 Å². The van der Waals surface area contributed by atoms with Crippen LogP contribution in [0.2, 0.25) is 0 Å². The second-order valence-corrected chi connectivity index (χ2v) is 3.51. The molecule has 1 N–H and O–H groups in total. The minimum Gasteiger partial charge on any atom is -0.317 e. The second kappa shape index (κ2) is 6.19. The molecule has 0 aromatic heterocycles. The molecule has 1 aliphatic rings. The van der Waals surface area contributed by atoms with Crippen molar-refractivity contribution < 1.29 is 4.79 Å². The number of hydrogen-bond donors (Lipinski definition) is 1. The van der Waals surface area contributed by atoms with E-state index in [4.69, 9.17) is 0 Å². The lowest BCUT2D eigenvalue weighted by Gasteiger charge is -2.31. The molecule has 0 unspecified atom stereocenters. The molecule has 1 fully saturated rings. The summed E-state index contributed by atoms with van der Waals surface area (Å²) in [6.45, 7) is 9.05. The van der Waals surface area contributed by atoms with E-state index in [0.717, 1.165) is 25.9 Å². The highest BCUT2D eigenvalue weighted by Crippen LogP contribution is 2.13. The third-order valence-electron chi connectivity index (χ3n) is 2.51. The molecule has 1 amide bonds. The highest BCUT2D eigenvalue weighted by atomic mass is 16.2. The van der Waals surface area contributed by atoms with E-state index in [2.05, 4.69) is 18.5 Å². The van der Waals surface area contributed by atoms with Gasteiger partial charge in [0, 0.05) is 12.2 Å². The molecular formula is C12H18N2O. The van der Waals surface area contributed by atoms with Crippen molar-refractivity contribution in [3.63, 3.8) is 0 Å². The van der Waals surface area contributed by atoms with Crippen LogP contribution in [-0.2, 0) is 4.79 Å². The average molecular weight is 206 g/mol. The van der Waals surface area contributed by atoms with Gasteiger partial charge in [0.2, 0.25) is 5.91 Å². The van der Waals surface area contributed by atoms with E-state index < -0.39 is 0 Å². The van der Waals surface area contributed by atoms with E-state index in [1.54, 1.807) is 23.3 Å². The molecule has 0 spiro atoms. The van der Waals surface area contributed by atoms with Gasteiger partial charge < -0.3 is 10.2 Å². The minimum atomic E-state index is -0.0417. The number of carbonyl (C=O) groups is 1. The van der Waals surface area contributed by atoms with Crippen LogP contribution in [0.25, 0.3) is 0 Å². The summed E-state index contributed by atoms with van der Waals surface area (Å²) in [4.78, 5) is 13.4. The van der Waals surface area contributed by atoms with Crippen LogP contribution in [0.5, 0.6) is 0 Å². The minimum absolute atomic E-state index is 0.0417. The number of nitrogens with one attached hydrogen (secondary N) is 1. The summed E-state index contributed by atoms with van der Waals surface area (Å²) in [6.07, 6.45) is 8.57. The average Bonchev–Trinajstić information content (AvgIpc) is 2.30. The maximum atomic E-state index is 11.6. The number of hydrogen-bond acceptors (Lipinski definition) is 2. The molecule has 0 aromatic carbocycles. The molecule has 0 aromatic rings. The van der Waals surface area contributed by atoms with Gasteiger partial charge in [0.15, 0.2) is 0 Å². The Labute approximate surface area is 91.2 Å². The smallest absolute Gasteiger partial charge is 0.250 e. The van der Waals surface area contributed by atoms with Gasteiger partial charge in [0.1, 0.15) is 0 Å². The summed E-state index contributed by atoms with van der Waals surface area (Å²) in [6, 6.07) is 0.285. The molecule has 82 valence electrons. The topological polar surface area (TPSA) is 32.3 Å². The van der Waals surface area contributed by atoms with Crippen molar-refractivity contribution >= 4 is 5.91 Å². The maximum Gasteiger partial charge on any atom is 0.250 e. The Morgan fingerprint density at radius 1 is 1.33 bits per heavy atom. The monoisotopic (exact) mass is 206 g/mol. The molecule has 0 aliphatic carbocycles. The van der Waals surface area contributed by atoms with Crippen LogP contribution in [-0.4, -0.2) is 29.9 Å². The Morgan fingerprint density at radius 2 is 2.00 bits per heavy atom. The first-order chi connectivity index (χ1) is 7.29. The number of piperidine rings is 1. The predicted molar refractivity (Wildman–Crippen MR) is 62.3 cm³/mol. The van der Waals surface area contributed by atoms with Crippen molar-refractivity contribution in [1.82, 2.24) is 10.2 Å². The maximum absolute atomic E-state index is 11.6. The molecule has 0 radical (unpaired) electrons. The van der Waals surface area contributed by atoms with Crippen LogP contribution in [0.15, 0.2) is 37.6 Å². The molecule has 15 heavy (non-hydrogen) atoms. The Balaban J connectivity index is 2.69. The molecule has 3 nitrogen and oxygen atoms in total. The first-order valence-electron chi connectivity index (χ1n) is 5.24. The lowest BCUT2D eigenvalue weighted by molar-refractivity contribution is -0.125. The van der Waals surface area contributed by atoms with E-state index >= 15 is 0 Å². The Hall–Kier alpha value is -1.35. The van der Waals surface area contributed by atoms with Gasteiger partial charge in [0.05, 0.1) is 0 Å². The quantitative estimate of drug-likeness (QED) is 0.558. The van der Waals surface area contributed by atoms with Crippen LogP contribution in [0.1, 0.15) is 12.8 Å². The molecule has 0 bridgehead atoms. The largest absolute Gasteiger partial charge is 0.317 e. The van der Waals surface area contributed by atoms with Crippen molar-refractivity contribution in [3.8, 4) is 0 Å². The predicted octanol–water partition coefficient (Wildman–Crippen LogP) is 1.45. The van der Waals surface area contributed by atoms with Crippen molar-refractivity contribution in [3.05, 3.63) is 37.6 Å². The van der Waals surface area contributed by atoms with Gasteiger partial charge in [-0.25, -0.2) is 0 Å². The van der Waals surface area contributed by atoms with E-state index in [1.807, 2.05) is 0 Å². The highest BCUT2D eigenvalue weighted by molar-refractivity contribution is 5.88. The molecular weight excluding hydrogens is 188 g/mol. The SMILES string of the molecule is C=C/C=C\N(C(=O)C=C)C1CCNCC1. The third-order valence-corrected chi connectivity index (χ3v) is 2.51. The molecule has 0 saturated carbocycles. The van der Waals surface area contributed by atoms with Crippen LogP contribution in [0.3, 0.4) is 0 Å². The fourth-order valence-electron chi connectivity index (χ4n) is 1.72. The van der Waals surface area contributed by atoms with E-state index in [9.17, 15) is 4.79 Å². The molecule has 3 heteroatoms. The van der Waals surface area contributed by atoms with Crippen LogP contribution in [0.4, 0.5) is 0 Å². The zero-order chi connectivity index (χ0) is 11.1. The fraction of sp³-hybridized carbons (Fsp3) is 0.417. The van der Waals surface area contributed by atoms with Crippen molar-refractivity contribution in [1.29, 1.82) is 0 Å². The number of amides is 1. The van der Waals surface area contributed by atoms with Crippen molar-refractivity contribution in [2.45, 2.75) is 18.9 Å². The third kappa shape index (κ3) is 3.36. The Morgan fingerprint density at radius 3 is 2.53 bits per heavy atom. The number of rotatable bonds is 4. The number of allylic oxidation sites excluding steroid dienone is 2. The van der Waals surface area contributed by atoms with Gasteiger partial charge in [-0.2, -0.15) is 0 Å². The second-order valence-electron chi connectivity index (χ2n) is 3.51. The van der Waals surface area contributed by atoms with Gasteiger partial charge in [0.25, 0.3) is 0 Å². The van der Waals surface area contributed by atoms with E-state index in [1.165, 1.54) is 6.08 Å². The fourth-order valence-corrected chi connectivity index (χ4v) is 1.72. The lowest BCUT2D eigenvalue weighted by atomic mass is 10.1. The molecule has 1 heterocycles. The summed E-state index contributed by atoms with van der Waals surface area (Å²) >= 11 is 0. The summed E-state index contributed by atoms with van der Waals surface area (Å²) in [5, 5.41) is 3.27. The molecule has 1 saturated heterocycles. The van der Waals surface area contributed by atoms with Gasteiger partial charge in [-0.05, 0) is 38.1 Å². The zero-order valence-electron chi connectivity index (χ0n) is 8.98. The Kier molecular flexibility index (Phi) is 4.84. The number of carbonyl (C=O) groups excluding carboxylic acids is 1. The van der Waals surface area contributed by atoms with Crippen LogP contribution < -0.4 is 5.32 Å². The summed E-state index contributed by atoms with van der Waals surface area (Å²) in [5.41, 5.74) is 0. The zero-order valence-corrected chi connectivity index (χ0v) is 8.98. The van der Waals surface area contributed by atoms with Gasteiger partial charge in [-0.3, -0.25) is 4.79 Å². The normalized spacial score (nSPS) is 17.6. The van der Waals surface area contributed by atoms with Gasteiger partial charge >= 0.3 is 0 Å². The molecule has 1 rings (SSSR count). The van der Waals surface area contributed by atoms with Gasteiger partial charge in [-0.1, -0.05) is 19.2 Å². The van der Waals surface area contributed by atoms with Gasteiger partial charge in [-0.15, -0.1) is 0 Å². The van der Waals surface area contributed by atoms with Crippen LogP contribution >= 0.6 is 0 Å². The Bertz CT molecular complexity index is 265. The van der Waals surface area contributed by atoms with Crippen molar-refractivity contribution in [2.75, 3.05) is 13.1 Å². The first-order valence-corrected chi connectivity index (χ1v) is 5.24. The molecule has 1 aliphatic heterocycles. The first kappa shape index (κ1) is 11.7. The number of nitrogens with zero attached hydrogens (tertiary/aromatic N) is 1. The van der Waals surface area contributed by atoms with E-state index in [0.29, 0.717) is 0 Å². The summed E-state index contributed by atoms with van der Waals surface area (Å²) in [7, 11) is 0. The van der Waals surface area contributed by atoms with Crippen molar-refractivity contribution in [2.24, 2.45) is 0 Å². The highest BCUT2D eigenvalue weighted by Gasteiger charge is 2.21. The standard InChI is InChI=1S/C12H18N2O/c1-3-5-10-14(12(15)4-2)11-6-8-13-9-7-11/h3-5,10-11,13H,1-2,6-9H2/b10-5-. The lowest BCUT2D eigenvalue weighted by Crippen LogP contribution is -2.42. The molecule has 0 atom stereocenters. The summed E-state index contributed by atoms with van der Waals surface area (Å²) in [5.74, 6) is -0.0417. The van der Waals surface area contributed by atoms with Crippen LogP contribution in [0, 0.1) is 0 Å².